The highest BCUT2D eigenvalue weighted by Gasteiger charge is 2.05. The van der Waals surface area contributed by atoms with Gasteiger partial charge in [0.25, 0.3) is 0 Å². The number of benzene rings is 1. The van der Waals surface area contributed by atoms with Crippen LogP contribution in [0.25, 0.3) is 0 Å². The van der Waals surface area contributed by atoms with E-state index in [-0.39, 0.29) is 0 Å². The molecule has 0 radical (unpaired) electrons. The summed E-state index contributed by atoms with van der Waals surface area (Å²) in [6.45, 7) is 0.597. The molecular weight excluding hydrogens is 280 g/mol. The van der Waals surface area contributed by atoms with E-state index in [0.717, 1.165) is 28.0 Å². The Morgan fingerprint density at radius 1 is 1.29 bits per heavy atom. The molecule has 88 valence electrons. The summed E-state index contributed by atoms with van der Waals surface area (Å²) in [6.07, 6.45) is 4.19. The molecule has 3 nitrogen and oxygen atoms in total. The average Bonchev–Trinajstić information content (AvgIpc) is 2.34. The highest BCUT2D eigenvalue weighted by molar-refractivity contribution is 9.10. The van der Waals surface area contributed by atoms with Gasteiger partial charge in [0.2, 0.25) is 0 Å². The normalized spacial score (nSPS) is 10.2. The number of rotatable bonds is 4. The van der Waals surface area contributed by atoms with E-state index in [4.69, 9.17) is 10.5 Å². The van der Waals surface area contributed by atoms with Gasteiger partial charge in [0.15, 0.2) is 0 Å². The van der Waals surface area contributed by atoms with Crippen molar-refractivity contribution in [3.63, 3.8) is 0 Å². The topological polar surface area (TPSA) is 48.1 Å². The summed E-state index contributed by atoms with van der Waals surface area (Å²) in [5.41, 5.74) is 6.68. The molecule has 0 saturated heterocycles. The van der Waals surface area contributed by atoms with Crippen LogP contribution in [0, 0.1) is 0 Å². The maximum absolute atomic E-state index is 5.78. The Hall–Kier alpha value is -1.39. The van der Waals surface area contributed by atoms with Crippen molar-refractivity contribution in [2.24, 2.45) is 5.73 Å². The summed E-state index contributed by atoms with van der Waals surface area (Å²) in [5, 5.41) is 0. The van der Waals surface area contributed by atoms with Crippen molar-refractivity contribution in [2.45, 2.75) is 6.42 Å². The van der Waals surface area contributed by atoms with Crippen molar-refractivity contribution >= 4 is 15.9 Å². The van der Waals surface area contributed by atoms with Gasteiger partial charge < -0.3 is 10.5 Å². The minimum Gasteiger partial charge on any atom is -0.455 e. The predicted molar refractivity (Wildman–Crippen MR) is 71.2 cm³/mol. The van der Waals surface area contributed by atoms with Crippen LogP contribution in [-0.4, -0.2) is 11.5 Å². The van der Waals surface area contributed by atoms with Gasteiger partial charge >= 0.3 is 0 Å². The van der Waals surface area contributed by atoms with Crippen LogP contribution in [0.4, 0.5) is 0 Å². The van der Waals surface area contributed by atoms with Crippen molar-refractivity contribution in [1.29, 1.82) is 0 Å². The zero-order valence-electron chi connectivity index (χ0n) is 9.27. The van der Waals surface area contributed by atoms with Crippen molar-refractivity contribution in [3.05, 3.63) is 52.8 Å². The Balaban J connectivity index is 2.26. The highest BCUT2D eigenvalue weighted by Crippen LogP contribution is 2.27. The Bertz CT molecular complexity index is 488. The number of aromatic nitrogens is 1. The van der Waals surface area contributed by atoms with Crippen molar-refractivity contribution in [2.75, 3.05) is 6.54 Å². The number of pyridine rings is 1. The monoisotopic (exact) mass is 292 g/mol. The lowest BCUT2D eigenvalue weighted by Crippen LogP contribution is -2.04. The van der Waals surface area contributed by atoms with E-state index in [1.165, 1.54) is 0 Å². The highest BCUT2D eigenvalue weighted by atomic mass is 79.9. The van der Waals surface area contributed by atoms with Gasteiger partial charge in [-0.25, -0.2) is 0 Å². The quantitative estimate of drug-likeness (QED) is 0.942. The van der Waals surface area contributed by atoms with Crippen LogP contribution < -0.4 is 10.5 Å². The van der Waals surface area contributed by atoms with Crippen molar-refractivity contribution in [3.8, 4) is 11.5 Å². The molecule has 0 saturated carbocycles. The van der Waals surface area contributed by atoms with E-state index < -0.39 is 0 Å². The van der Waals surface area contributed by atoms with Gasteiger partial charge in [-0.1, -0.05) is 15.9 Å². The fourth-order valence-corrected chi connectivity index (χ4v) is 1.94. The van der Waals surface area contributed by atoms with Crippen LogP contribution in [0.15, 0.2) is 47.2 Å². The molecule has 0 aliphatic heterocycles. The Labute approximate surface area is 109 Å². The lowest BCUT2D eigenvalue weighted by Gasteiger charge is -2.10. The van der Waals surface area contributed by atoms with Crippen LogP contribution in [0.3, 0.4) is 0 Å². The molecule has 0 amide bonds. The zero-order chi connectivity index (χ0) is 12.1. The number of nitrogens with zero attached hydrogens (tertiary/aromatic N) is 1. The number of hydrogen-bond acceptors (Lipinski definition) is 3. The fraction of sp³-hybridized carbons (Fsp3) is 0.154. The Kier molecular flexibility index (Phi) is 4.12. The van der Waals surface area contributed by atoms with Crippen LogP contribution in [0.2, 0.25) is 0 Å². The second kappa shape index (κ2) is 5.80. The zero-order valence-corrected chi connectivity index (χ0v) is 10.9. The standard InChI is InChI=1S/C13H13BrN2O/c14-11-3-4-13(10(8-11)5-6-15)17-12-2-1-7-16-9-12/h1-4,7-9H,5-6,15H2. The number of halogens is 1. The van der Waals surface area contributed by atoms with Gasteiger partial charge in [-0.05, 0) is 48.9 Å². The van der Waals surface area contributed by atoms with Crippen LogP contribution in [-0.2, 0) is 6.42 Å². The smallest absolute Gasteiger partial charge is 0.145 e. The lowest BCUT2D eigenvalue weighted by atomic mass is 10.1. The first-order chi connectivity index (χ1) is 8.29. The van der Waals surface area contributed by atoms with Crippen LogP contribution in [0.5, 0.6) is 11.5 Å². The average molecular weight is 293 g/mol. The van der Waals surface area contributed by atoms with Gasteiger partial charge in [0, 0.05) is 10.7 Å². The lowest BCUT2D eigenvalue weighted by molar-refractivity contribution is 0.474. The first-order valence-electron chi connectivity index (χ1n) is 5.36. The molecule has 2 N–H and O–H groups in total. The summed E-state index contributed by atoms with van der Waals surface area (Å²) in [7, 11) is 0. The van der Waals surface area contributed by atoms with Crippen molar-refractivity contribution in [1.82, 2.24) is 4.98 Å². The fourth-order valence-electron chi connectivity index (χ4n) is 1.53. The molecule has 0 atom stereocenters. The van der Waals surface area contributed by atoms with Gasteiger partial charge in [0.1, 0.15) is 11.5 Å². The molecule has 0 bridgehead atoms. The third kappa shape index (κ3) is 3.28. The maximum atomic E-state index is 5.78. The van der Waals surface area contributed by atoms with Crippen molar-refractivity contribution < 1.29 is 4.74 Å². The number of ether oxygens (including phenoxy) is 1. The molecule has 0 aliphatic carbocycles. The van der Waals surface area contributed by atoms with E-state index in [2.05, 4.69) is 20.9 Å². The first-order valence-corrected chi connectivity index (χ1v) is 6.15. The molecular formula is C13H13BrN2O. The summed E-state index contributed by atoms with van der Waals surface area (Å²) in [6, 6.07) is 9.63. The molecule has 4 heteroatoms. The Morgan fingerprint density at radius 3 is 2.88 bits per heavy atom. The molecule has 0 unspecified atom stereocenters. The summed E-state index contributed by atoms with van der Waals surface area (Å²) < 4.78 is 6.81. The molecule has 17 heavy (non-hydrogen) atoms. The van der Waals surface area contributed by atoms with E-state index in [9.17, 15) is 0 Å². The first kappa shape index (κ1) is 12.1. The van der Waals surface area contributed by atoms with Gasteiger partial charge in [0.05, 0.1) is 6.20 Å². The van der Waals surface area contributed by atoms with E-state index in [0.29, 0.717) is 6.54 Å². The maximum Gasteiger partial charge on any atom is 0.145 e. The Morgan fingerprint density at radius 2 is 2.18 bits per heavy atom. The molecule has 2 rings (SSSR count). The van der Waals surface area contributed by atoms with E-state index in [1.54, 1.807) is 12.4 Å². The van der Waals surface area contributed by atoms with E-state index >= 15 is 0 Å². The van der Waals surface area contributed by atoms with Crippen LogP contribution in [0.1, 0.15) is 5.56 Å². The molecule has 0 fully saturated rings. The number of hydrogen-bond donors (Lipinski definition) is 1. The van der Waals surface area contributed by atoms with Gasteiger partial charge in [-0.15, -0.1) is 0 Å². The van der Waals surface area contributed by atoms with Gasteiger partial charge in [-0.2, -0.15) is 0 Å². The minimum absolute atomic E-state index is 0.597. The van der Waals surface area contributed by atoms with E-state index in [1.807, 2.05) is 30.3 Å². The molecule has 0 spiro atoms. The largest absolute Gasteiger partial charge is 0.455 e. The molecule has 1 aromatic heterocycles. The summed E-state index contributed by atoms with van der Waals surface area (Å²) >= 11 is 3.44. The predicted octanol–water partition coefficient (Wildman–Crippen LogP) is 3.14. The van der Waals surface area contributed by atoms with Gasteiger partial charge in [-0.3, -0.25) is 4.98 Å². The SMILES string of the molecule is NCCc1cc(Br)ccc1Oc1cccnc1. The summed E-state index contributed by atoms with van der Waals surface area (Å²) in [5.74, 6) is 1.56. The molecule has 2 aromatic rings. The second-order valence-electron chi connectivity index (χ2n) is 3.58. The minimum atomic E-state index is 0.597. The molecule has 1 aromatic carbocycles. The second-order valence-corrected chi connectivity index (χ2v) is 4.50. The van der Waals surface area contributed by atoms with Crippen LogP contribution >= 0.6 is 15.9 Å². The molecule has 0 aliphatic rings. The molecule has 1 heterocycles. The third-order valence-corrected chi connectivity index (χ3v) is 2.79. The number of nitrogens with two attached hydrogens (primary N) is 1. The summed E-state index contributed by atoms with van der Waals surface area (Å²) in [4.78, 5) is 4.02. The third-order valence-electron chi connectivity index (χ3n) is 2.30.